The maximum Gasteiger partial charge on any atom is 0.221 e. The van der Waals surface area contributed by atoms with Crippen molar-refractivity contribution >= 4 is 29.3 Å². The fourth-order valence-corrected chi connectivity index (χ4v) is 3.56. The summed E-state index contributed by atoms with van der Waals surface area (Å²) < 4.78 is 1.77. The fraction of sp³-hybridized carbons (Fsp3) is 0.211. The van der Waals surface area contributed by atoms with Gasteiger partial charge < -0.3 is 5.32 Å². The summed E-state index contributed by atoms with van der Waals surface area (Å²) in [4.78, 5) is 16.9. The van der Waals surface area contributed by atoms with Crippen molar-refractivity contribution in [1.29, 1.82) is 0 Å². The Bertz CT molecular complexity index is 837. The Balaban J connectivity index is 1.39. The van der Waals surface area contributed by atoms with Crippen LogP contribution in [0, 0.1) is 0 Å². The Kier molecular flexibility index (Phi) is 6.68. The predicted octanol–water partition coefficient (Wildman–Crippen LogP) is 3.78. The molecule has 0 saturated heterocycles. The van der Waals surface area contributed by atoms with E-state index in [1.54, 1.807) is 22.8 Å². The molecule has 3 rings (SSSR count). The van der Waals surface area contributed by atoms with Crippen molar-refractivity contribution in [1.82, 2.24) is 20.1 Å². The number of rotatable bonds is 8. The molecule has 134 valence electrons. The molecule has 0 spiro atoms. The van der Waals surface area contributed by atoms with E-state index in [1.807, 2.05) is 48.5 Å². The number of halogens is 1. The van der Waals surface area contributed by atoms with Crippen LogP contribution in [0.3, 0.4) is 0 Å². The summed E-state index contributed by atoms with van der Waals surface area (Å²) in [7, 11) is 0. The number of hydrogen-bond acceptors (Lipinski definition) is 4. The van der Waals surface area contributed by atoms with E-state index >= 15 is 0 Å². The third kappa shape index (κ3) is 5.61. The molecule has 0 saturated carbocycles. The standard InChI is InChI=1S/C19H19ClN4OS/c20-17-3-1-2-4-18(17)26-10-9-19(25)22-11-15-5-7-16(8-6-15)12-24-14-21-13-23-24/h1-8,13-14H,9-12H2,(H,22,25). The molecule has 0 aliphatic heterocycles. The first-order valence-electron chi connectivity index (χ1n) is 8.25. The SMILES string of the molecule is O=C(CCSc1ccccc1Cl)NCc1ccc(Cn2cncn2)cc1. The summed E-state index contributed by atoms with van der Waals surface area (Å²) in [6.07, 6.45) is 3.67. The molecule has 2 aromatic carbocycles. The van der Waals surface area contributed by atoms with Gasteiger partial charge in [-0.1, -0.05) is 48.0 Å². The zero-order valence-corrected chi connectivity index (χ0v) is 15.7. The van der Waals surface area contributed by atoms with Crippen molar-refractivity contribution in [2.75, 3.05) is 5.75 Å². The Morgan fingerprint density at radius 2 is 1.88 bits per heavy atom. The average molecular weight is 387 g/mol. The van der Waals surface area contributed by atoms with Crippen LogP contribution < -0.4 is 5.32 Å². The molecule has 0 aliphatic rings. The van der Waals surface area contributed by atoms with Crippen LogP contribution in [0.5, 0.6) is 0 Å². The van der Waals surface area contributed by atoms with Gasteiger partial charge in [0.15, 0.2) is 0 Å². The largest absolute Gasteiger partial charge is 0.352 e. The van der Waals surface area contributed by atoms with E-state index in [4.69, 9.17) is 11.6 Å². The van der Waals surface area contributed by atoms with Crippen LogP contribution in [-0.2, 0) is 17.9 Å². The molecule has 3 aromatic rings. The van der Waals surface area contributed by atoms with Gasteiger partial charge in [-0.2, -0.15) is 5.10 Å². The van der Waals surface area contributed by atoms with Crippen LogP contribution in [0.2, 0.25) is 5.02 Å². The van der Waals surface area contributed by atoms with Gasteiger partial charge in [-0.05, 0) is 23.3 Å². The smallest absolute Gasteiger partial charge is 0.221 e. The minimum atomic E-state index is 0.0382. The van der Waals surface area contributed by atoms with Gasteiger partial charge in [0.05, 0.1) is 11.6 Å². The first-order chi connectivity index (χ1) is 12.7. The zero-order chi connectivity index (χ0) is 18.2. The number of amides is 1. The van der Waals surface area contributed by atoms with E-state index in [1.165, 1.54) is 6.33 Å². The summed E-state index contributed by atoms with van der Waals surface area (Å²) >= 11 is 7.70. The second kappa shape index (κ2) is 9.40. The molecule has 5 nitrogen and oxygen atoms in total. The number of carbonyl (C=O) groups is 1. The quantitative estimate of drug-likeness (QED) is 0.598. The van der Waals surface area contributed by atoms with E-state index in [9.17, 15) is 4.79 Å². The first-order valence-corrected chi connectivity index (χ1v) is 9.61. The third-order valence-corrected chi connectivity index (χ3v) is 5.26. The molecule has 0 fully saturated rings. The minimum Gasteiger partial charge on any atom is -0.352 e. The zero-order valence-electron chi connectivity index (χ0n) is 14.1. The van der Waals surface area contributed by atoms with Gasteiger partial charge >= 0.3 is 0 Å². The molecule has 26 heavy (non-hydrogen) atoms. The molecule has 0 aliphatic carbocycles. The number of nitrogens with one attached hydrogen (secondary N) is 1. The molecule has 1 N–H and O–H groups in total. The van der Waals surface area contributed by atoms with Gasteiger partial charge in [-0.15, -0.1) is 11.8 Å². The number of aromatic nitrogens is 3. The lowest BCUT2D eigenvalue weighted by molar-refractivity contribution is -0.120. The highest BCUT2D eigenvalue weighted by Gasteiger charge is 2.04. The molecule has 0 bridgehead atoms. The molecular formula is C19H19ClN4OS. The van der Waals surface area contributed by atoms with Crippen molar-refractivity contribution < 1.29 is 4.79 Å². The second-order valence-corrected chi connectivity index (χ2v) is 7.26. The first kappa shape index (κ1) is 18.5. The van der Waals surface area contributed by atoms with Crippen LogP contribution in [0.25, 0.3) is 0 Å². The third-order valence-electron chi connectivity index (χ3n) is 3.75. The summed E-state index contributed by atoms with van der Waals surface area (Å²) in [6.45, 7) is 1.21. The molecule has 0 atom stereocenters. The Hall–Kier alpha value is -2.31. The molecule has 0 radical (unpaired) electrons. The van der Waals surface area contributed by atoms with Gasteiger partial charge in [-0.25, -0.2) is 9.67 Å². The topological polar surface area (TPSA) is 59.8 Å². The van der Waals surface area contributed by atoms with Crippen molar-refractivity contribution in [2.24, 2.45) is 0 Å². The molecule has 1 heterocycles. The lowest BCUT2D eigenvalue weighted by atomic mass is 10.1. The van der Waals surface area contributed by atoms with E-state index in [0.29, 0.717) is 25.3 Å². The fourth-order valence-electron chi connectivity index (χ4n) is 2.37. The van der Waals surface area contributed by atoms with Crippen LogP contribution in [0.4, 0.5) is 0 Å². The molecule has 0 unspecified atom stereocenters. The molecule has 7 heteroatoms. The van der Waals surface area contributed by atoms with Crippen LogP contribution in [-0.4, -0.2) is 26.4 Å². The highest BCUT2D eigenvalue weighted by atomic mass is 35.5. The van der Waals surface area contributed by atoms with E-state index in [-0.39, 0.29) is 5.91 Å². The summed E-state index contributed by atoms with van der Waals surface area (Å²) in [5.41, 5.74) is 2.21. The average Bonchev–Trinajstić information content (AvgIpc) is 3.16. The number of benzene rings is 2. The van der Waals surface area contributed by atoms with Crippen molar-refractivity contribution in [3.8, 4) is 0 Å². The minimum absolute atomic E-state index is 0.0382. The van der Waals surface area contributed by atoms with Gasteiger partial charge in [0.25, 0.3) is 0 Å². The summed E-state index contributed by atoms with van der Waals surface area (Å²) in [5, 5.41) is 7.77. The molecule has 1 aromatic heterocycles. The molecular weight excluding hydrogens is 368 g/mol. The Labute approximate surface area is 161 Å². The predicted molar refractivity (Wildman–Crippen MR) is 104 cm³/mol. The highest BCUT2D eigenvalue weighted by Crippen LogP contribution is 2.26. The van der Waals surface area contributed by atoms with Gasteiger partial charge in [0.2, 0.25) is 5.91 Å². The van der Waals surface area contributed by atoms with Crippen LogP contribution in [0.15, 0.2) is 66.1 Å². The van der Waals surface area contributed by atoms with E-state index < -0.39 is 0 Å². The van der Waals surface area contributed by atoms with Gasteiger partial charge in [-0.3, -0.25) is 4.79 Å². The molecule has 1 amide bonds. The maximum absolute atomic E-state index is 12.0. The monoisotopic (exact) mass is 386 g/mol. The second-order valence-electron chi connectivity index (χ2n) is 5.72. The Morgan fingerprint density at radius 1 is 1.12 bits per heavy atom. The number of carbonyl (C=O) groups excluding carboxylic acids is 1. The van der Waals surface area contributed by atoms with Gasteiger partial charge in [0.1, 0.15) is 12.7 Å². The van der Waals surface area contributed by atoms with Crippen LogP contribution in [0.1, 0.15) is 17.5 Å². The maximum atomic E-state index is 12.0. The van der Waals surface area contributed by atoms with Crippen molar-refractivity contribution in [3.63, 3.8) is 0 Å². The lowest BCUT2D eigenvalue weighted by Gasteiger charge is -2.07. The van der Waals surface area contributed by atoms with Crippen LogP contribution >= 0.6 is 23.4 Å². The highest BCUT2D eigenvalue weighted by molar-refractivity contribution is 7.99. The van der Waals surface area contributed by atoms with E-state index in [2.05, 4.69) is 15.4 Å². The summed E-state index contributed by atoms with van der Waals surface area (Å²) in [5.74, 6) is 0.739. The Morgan fingerprint density at radius 3 is 2.62 bits per heavy atom. The lowest BCUT2D eigenvalue weighted by Crippen LogP contribution is -2.23. The number of hydrogen-bond donors (Lipinski definition) is 1. The normalized spacial score (nSPS) is 10.7. The summed E-state index contributed by atoms with van der Waals surface area (Å²) in [6, 6.07) is 15.8. The van der Waals surface area contributed by atoms with Crippen molar-refractivity contribution in [2.45, 2.75) is 24.4 Å². The number of nitrogens with zero attached hydrogens (tertiary/aromatic N) is 3. The van der Waals surface area contributed by atoms with Gasteiger partial charge in [0, 0.05) is 23.6 Å². The van der Waals surface area contributed by atoms with Crippen molar-refractivity contribution in [3.05, 3.63) is 77.3 Å². The number of thioether (sulfide) groups is 1. The van der Waals surface area contributed by atoms with E-state index in [0.717, 1.165) is 21.0 Å².